The van der Waals surface area contributed by atoms with Crippen molar-refractivity contribution < 1.29 is 9.53 Å². The third kappa shape index (κ3) is 3.94. The van der Waals surface area contributed by atoms with Crippen LogP contribution >= 0.6 is 15.9 Å². The number of amides is 1. The van der Waals surface area contributed by atoms with Crippen LogP contribution in [0.5, 0.6) is 5.75 Å². The first-order valence-electron chi connectivity index (χ1n) is 6.49. The number of rotatable bonds is 5. The summed E-state index contributed by atoms with van der Waals surface area (Å²) in [5.41, 5.74) is 6.81. The molecule has 1 aliphatic rings. The van der Waals surface area contributed by atoms with Crippen molar-refractivity contribution >= 4 is 21.8 Å². The molecule has 19 heavy (non-hydrogen) atoms. The number of carbonyl (C=O) groups excluding carboxylic acids is 1. The molecule has 0 spiro atoms. The number of benzene rings is 1. The maximum Gasteiger partial charge on any atom is 0.260 e. The number of ether oxygens (including phenoxy) is 1. The number of carbonyl (C=O) groups is 1. The van der Waals surface area contributed by atoms with E-state index in [0.29, 0.717) is 11.8 Å². The quantitative estimate of drug-likeness (QED) is 0.873. The Hall–Kier alpha value is -1.07. The zero-order valence-electron chi connectivity index (χ0n) is 11.2. The first kappa shape index (κ1) is 14.3. The summed E-state index contributed by atoms with van der Waals surface area (Å²) < 4.78 is 6.66. The van der Waals surface area contributed by atoms with Crippen molar-refractivity contribution in [3.8, 4) is 5.75 Å². The Morgan fingerprint density at radius 2 is 2.16 bits per heavy atom. The summed E-state index contributed by atoms with van der Waals surface area (Å²) in [6, 6.07) is 5.88. The molecule has 5 heteroatoms. The van der Waals surface area contributed by atoms with Gasteiger partial charge in [-0.1, -0.05) is 22.0 Å². The fourth-order valence-electron chi connectivity index (χ4n) is 1.78. The van der Waals surface area contributed by atoms with E-state index in [2.05, 4.69) is 21.2 Å². The largest absolute Gasteiger partial charge is 0.481 e. The van der Waals surface area contributed by atoms with E-state index < -0.39 is 6.10 Å². The van der Waals surface area contributed by atoms with Gasteiger partial charge in [0.1, 0.15) is 5.75 Å². The van der Waals surface area contributed by atoms with Crippen LogP contribution in [-0.2, 0) is 4.79 Å². The van der Waals surface area contributed by atoms with Crippen LogP contribution in [0.4, 0.5) is 0 Å². The highest BCUT2D eigenvalue weighted by molar-refractivity contribution is 9.10. The molecule has 1 unspecified atom stereocenters. The lowest BCUT2D eigenvalue weighted by molar-refractivity contribution is -0.127. The van der Waals surface area contributed by atoms with Crippen molar-refractivity contribution in [1.29, 1.82) is 0 Å². The van der Waals surface area contributed by atoms with Crippen LogP contribution in [0.25, 0.3) is 0 Å². The second kappa shape index (κ2) is 5.92. The molecule has 3 N–H and O–H groups in total. The lowest BCUT2D eigenvalue weighted by Gasteiger charge is -2.19. The average Bonchev–Trinajstić information content (AvgIpc) is 3.12. The Morgan fingerprint density at radius 3 is 2.74 bits per heavy atom. The van der Waals surface area contributed by atoms with Gasteiger partial charge in [0.25, 0.3) is 5.91 Å². The normalized spacial score (nSPS) is 17.7. The van der Waals surface area contributed by atoms with Crippen LogP contribution in [0.15, 0.2) is 22.7 Å². The number of halogens is 1. The lowest BCUT2D eigenvalue weighted by atomic mass is 10.1. The Labute approximate surface area is 121 Å². The van der Waals surface area contributed by atoms with Gasteiger partial charge in [0, 0.05) is 22.1 Å². The van der Waals surface area contributed by atoms with Gasteiger partial charge >= 0.3 is 0 Å². The maximum atomic E-state index is 11.9. The highest BCUT2D eigenvalue weighted by Crippen LogP contribution is 2.28. The van der Waals surface area contributed by atoms with E-state index in [9.17, 15) is 4.79 Å². The minimum absolute atomic E-state index is 0.0712. The highest BCUT2D eigenvalue weighted by atomic mass is 79.9. The van der Waals surface area contributed by atoms with Crippen molar-refractivity contribution in [1.82, 2.24) is 5.32 Å². The Morgan fingerprint density at radius 1 is 1.47 bits per heavy atom. The Kier molecular flexibility index (Phi) is 4.47. The fourth-order valence-corrected chi connectivity index (χ4v) is 2.12. The van der Waals surface area contributed by atoms with Crippen LogP contribution in [0.2, 0.25) is 0 Å². The van der Waals surface area contributed by atoms with Crippen molar-refractivity contribution in [3.63, 3.8) is 0 Å². The van der Waals surface area contributed by atoms with Crippen molar-refractivity contribution in [2.24, 2.45) is 5.73 Å². The van der Waals surface area contributed by atoms with E-state index in [4.69, 9.17) is 10.5 Å². The molecular weight excluding hydrogens is 308 g/mol. The SMILES string of the molecule is CC(Oc1cc(Br)ccc1[C@H](C)N)C(=O)NC1CC1. The summed E-state index contributed by atoms with van der Waals surface area (Å²) in [7, 11) is 0. The molecule has 4 nitrogen and oxygen atoms in total. The summed E-state index contributed by atoms with van der Waals surface area (Å²) >= 11 is 3.40. The molecule has 2 rings (SSSR count). The van der Waals surface area contributed by atoms with E-state index in [1.807, 2.05) is 25.1 Å². The predicted molar refractivity (Wildman–Crippen MR) is 78.0 cm³/mol. The zero-order valence-corrected chi connectivity index (χ0v) is 12.7. The van der Waals surface area contributed by atoms with Gasteiger partial charge in [0.2, 0.25) is 0 Å². The lowest BCUT2D eigenvalue weighted by Crippen LogP contribution is -2.37. The smallest absolute Gasteiger partial charge is 0.260 e. The van der Waals surface area contributed by atoms with Gasteiger partial charge in [-0.15, -0.1) is 0 Å². The Balaban J connectivity index is 2.07. The predicted octanol–water partition coefficient (Wildman–Crippen LogP) is 2.51. The number of hydrogen-bond acceptors (Lipinski definition) is 3. The zero-order chi connectivity index (χ0) is 14.0. The molecule has 1 aromatic carbocycles. The molecule has 1 saturated carbocycles. The molecule has 1 aromatic rings. The van der Waals surface area contributed by atoms with Gasteiger partial charge in [-0.25, -0.2) is 0 Å². The standard InChI is InChI=1S/C14H19BrN2O2/c1-8(16)12-6-3-10(15)7-13(12)19-9(2)14(18)17-11-4-5-11/h3,6-9,11H,4-5,16H2,1-2H3,(H,17,18)/t8-,9?/m0/s1. The van der Waals surface area contributed by atoms with Crippen molar-refractivity contribution in [3.05, 3.63) is 28.2 Å². The van der Waals surface area contributed by atoms with Gasteiger partial charge in [-0.05, 0) is 38.8 Å². The first-order valence-corrected chi connectivity index (χ1v) is 7.28. The summed E-state index contributed by atoms with van der Waals surface area (Å²) in [6.07, 6.45) is 1.62. The van der Waals surface area contributed by atoms with E-state index in [1.54, 1.807) is 6.92 Å². The molecule has 0 saturated heterocycles. The molecule has 0 aromatic heterocycles. The van der Waals surface area contributed by atoms with E-state index in [-0.39, 0.29) is 11.9 Å². The first-order chi connectivity index (χ1) is 8.97. The summed E-state index contributed by atoms with van der Waals surface area (Å²) in [5, 5.41) is 2.93. The van der Waals surface area contributed by atoms with Crippen LogP contribution in [0.3, 0.4) is 0 Å². The molecule has 1 amide bonds. The van der Waals surface area contributed by atoms with Gasteiger partial charge in [0.15, 0.2) is 6.10 Å². The molecule has 1 fully saturated rings. The van der Waals surface area contributed by atoms with E-state index >= 15 is 0 Å². The Bertz CT molecular complexity index is 473. The van der Waals surface area contributed by atoms with Gasteiger partial charge in [-0.3, -0.25) is 4.79 Å². The molecule has 0 heterocycles. The second-order valence-electron chi connectivity index (χ2n) is 5.01. The van der Waals surface area contributed by atoms with E-state index in [0.717, 1.165) is 22.9 Å². The number of hydrogen-bond donors (Lipinski definition) is 2. The van der Waals surface area contributed by atoms with Gasteiger partial charge < -0.3 is 15.8 Å². The molecule has 1 aliphatic carbocycles. The summed E-state index contributed by atoms with van der Waals surface area (Å²) in [4.78, 5) is 11.9. The van der Waals surface area contributed by atoms with Crippen LogP contribution < -0.4 is 15.8 Å². The topological polar surface area (TPSA) is 64.3 Å². The minimum atomic E-state index is -0.521. The summed E-state index contributed by atoms with van der Waals surface area (Å²) in [6.45, 7) is 3.65. The molecule has 2 atom stereocenters. The van der Waals surface area contributed by atoms with Crippen LogP contribution in [0.1, 0.15) is 38.3 Å². The highest BCUT2D eigenvalue weighted by Gasteiger charge is 2.26. The van der Waals surface area contributed by atoms with Gasteiger partial charge in [-0.2, -0.15) is 0 Å². The summed E-state index contributed by atoms with van der Waals surface area (Å²) in [5.74, 6) is 0.584. The van der Waals surface area contributed by atoms with Crippen LogP contribution in [0, 0.1) is 0 Å². The second-order valence-corrected chi connectivity index (χ2v) is 5.93. The molecule has 0 aliphatic heterocycles. The minimum Gasteiger partial charge on any atom is -0.481 e. The van der Waals surface area contributed by atoms with Crippen LogP contribution in [-0.4, -0.2) is 18.1 Å². The van der Waals surface area contributed by atoms with Gasteiger partial charge in [0.05, 0.1) is 0 Å². The maximum absolute atomic E-state index is 11.9. The number of nitrogens with two attached hydrogens (primary N) is 1. The third-order valence-electron chi connectivity index (χ3n) is 3.06. The average molecular weight is 327 g/mol. The fraction of sp³-hybridized carbons (Fsp3) is 0.500. The molecule has 0 radical (unpaired) electrons. The molecular formula is C14H19BrN2O2. The van der Waals surface area contributed by atoms with E-state index in [1.165, 1.54) is 0 Å². The molecule has 0 bridgehead atoms. The number of nitrogens with one attached hydrogen (secondary N) is 1. The van der Waals surface area contributed by atoms with Crippen molar-refractivity contribution in [2.45, 2.75) is 44.9 Å². The van der Waals surface area contributed by atoms with Crippen molar-refractivity contribution in [2.75, 3.05) is 0 Å². The third-order valence-corrected chi connectivity index (χ3v) is 3.56. The molecule has 104 valence electrons. The monoisotopic (exact) mass is 326 g/mol.